The molecule has 2 aromatic heterocycles. The van der Waals surface area contributed by atoms with Crippen LogP contribution in [-0.2, 0) is 10.0 Å². The Bertz CT molecular complexity index is 1130. The number of methoxy groups -OCH3 is 1. The molecule has 3 heterocycles. The normalized spacial score (nSPS) is 15.1. The van der Waals surface area contributed by atoms with E-state index < -0.39 is 10.0 Å². The number of sulfonamides is 1. The molecular formula is C20H21N3O4S3. The minimum absolute atomic E-state index is 0.0632. The van der Waals surface area contributed by atoms with Crippen molar-refractivity contribution in [3.05, 3.63) is 46.8 Å². The van der Waals surface area contributed by atoms with E-state index >= 15 is 0 Å². The maximum absolute atomic E-state index is 13.1. The van der Waals surface area contributed by atoms with E-state index in [0.29, 0.717) is 23.7 Å². The van der Waals surface area contributed by atoms with E-state index in [9.17, 15) is 13.2 Å². The number of carbonyl (C=O) groups is 1. The molecule has 0 bridgehead atoms. The minimum Gasteiger partial charge on any atom is -0.495 e. The molecule has 0 aliphatic carbocycles. The van der Waals surface area contributed by atoms with Gasteiger partial charge in [-0.1, -0.05) is 12.5 Å². The Labute approximate surface area is 183 Å². The number of hydrogen-bond acceptors (Lipinski definition) is 7. The van der Waals surface area contributed by atoms with Gasteiger partial charge in [-0.25, -0.2) is 13.4 Å². The molecule has 0 atom stereocenters. The van der Waals surface area contributed by atoms with E-state index in [-0.39, 0.29) is 16.6 Å². The maximum Gasteiger partial charge on any atom is 0.267 e. The third kappa shape index (κ3) is 4.27. The predicted octanol–water partition coefficient (Wildman–Crippen LogP) is 4.31. The van der Waals surface area contributed by atoms with Gasteiger partial charge < -0.3 is 10.1 Å². The number of aromatic nitrogens is 1. The van der Waals surface area contributed by atoms with E-state index in [0.717, 1.165) is 29.1 Å². The third-order valence-electron chi connectivity index (χ3n) is 4.82. The van der Waals surface area contributed by atoms with Gasteiger partial charge in [-0.15, -0.1) is 22.7 Å². The van der Waals surface area contributed by atoms with Crippen molar-refractivity contribution in [2.24, 2.45) is 0 Å². The molecule has 30 heavy (non-hydrogen) atoms. The van der Waals surface area contributed by atoms with E-state index in [4.69, 9.17) is 4.74 Å². The van der Waals surface area contributed by atoms with Gasteiger partial charge in [-0.3, -0.25) is 4.79 Å². The number of thiophene rings is 1. The first-order chi connectivity index (χ1) is 14.5. The monoisotopic (exact) mass is 463 g/mol. The third-order valence-corrected chi connectivity index (χ3v) is 8.77. The van der Waals surface area contributed by atoms with Gasteiger partial charge in [0, 0.05) is 18.8 Å². The summed E-state index contributed by atoms with van der Waals surface area (Å²) in [4.78, 5) is 18.5. The summed E-state index contributed by atoms with van der Waals surface area (Å²) in [7, 11) is -2.27. The van der Waals surface area contributed by atoms with E-state index in [1.807, 2.05) is 17.5 Å². The highest BCUT2D eigenvalue weighted by Gasteiger charge is 2.29. The Morgan fingerprint density at radius 1 is 1.20 bits per heavy atom. The summed E-state index contributed by atoms with van der Waals surface area (Å²) in [5.41, 5.74) is 0.391. The predicted molar refractivity (Wildman–Crippen MR) is 119 cm³/mol. The number of anilines is 1. The number of hydrogen-bond donors (Lipinski definition) is 1. The van der Waals surface area contributed by atoms with Gasteiger partial charge in [0.05, 0.1) is 18.2 Å². The van der Waals surface area contributed by atoms with Gasteiger partial charge >= 0.3 is 0 Å². The molecule has 158 valence electrons. The lowest BCUT2D eigenvalue weighted by Gasteiger charge is -2.26. The van der Waals surface area contributed by atoms with Crippen LogP contribution in [0.5, 0.6) is 5.75 Å². The number of ether oxygens (including phenoxy) is 1. The fourth-order valence-electron chi connectivity index (χ4n) is 3.29. The SMILES string of the molecule is COc1ccc(NC(=O)c2cnc(-c3cccs3)s2)cc1S(=O)(=O)N1CCCCC1. The van der Waals surface area contributed by atoms with Crippen LogP contribution in [0.2, 0.25) is 0 Å². The Morgan fingerprint density at radius 2 is 2.00 bits per heavy atom. The fourth-order valence-corrected chi connectivity index (χ4v) is 6.60. The number of carbonyl (C=O) groups excluding carboxylic acids is 1. The maximum atomic E-state index is 13.1. The van der Waals surface area contributed by atoms with Crippen LogP contribution in [0.1, 0.15) is 28.9 Å². The Hall–Kier alpha value is -2.27. The lowest BCUT2D eigenvalue weighted by molar-refractivity contribution is 0.103. The van der Waals surface area contributed by atoms with Crippen LogP contribution in [0.25, 0.3) is 9.88 Å². The Morgan fingerprint density at radius 3 is 2.70 bits per heavy atom. The zero-order valence-electron chi connectivity index (χ0n) is 16.3. The highest BCUT2D eigenvalue weighted by molar-refractivity contribution is 7.89. The lowest BCUT2D eigenvalue weighted by Crippen LogP contribution is -2.35. The van der Waals surface area contributed by atoms with E-state index in [1.165, 1.54) is 35.0 Å². The summed E-state index contributed by atoms with van der Waals surface area (Å²) in [5.74, 6) is -0.0712. The highest BCUT2D eigenvalue weighted by Crippen LogP contribution is 2.32. The lowest BCUT2D eigenvalue weighted by atomic mass is 10.2. The van der Waals surface area contributed by atoms with Crippen LogP contribution in [0.15, 0.2) is 46.8 Å². The fraction of sp³-hybridized carbons (Fsp3) is 0.300. The first-order valence-electron chi connectivity index (χ1n) is 9.48. The van der Waals surface area contributed by atoms with Crippen molar-refractivity contribution >= 4 is 44.3 Å². The number of piperidine rings is 1. The van der Waals surface area contributed by atoms with Gasteiger partial charge in [-0.05, 0) is 42.5 Å². The number of benzene rings is 1. The molecule has 1 aliphatic heterocycles. The molecule has 7 nitrogen and oxygen atoms in total. The molecule has 1 aromatic carbocycles. The zero-order valence-corrected chi connectivity index (χ0v) is 18.8. The molecule has 0 spiro atoms. The van der Waals surface area contributed by atoms with Gasteiger partial charge in [-0.2, -0.15) is 4.31 Å². The summed E-state index contributed by atoms with van der Waals surface area (Å²) in [5, 5.41) is 5.51. The number of rotatable bonds is 6. The molecule has 1 amide bonds. The molecule has 1 fully saturated rings. The minimum atomic E-state index is -3.70. The molecular weight excluding hydrogens is 442 g/mol. The van der Waals surface area contributed by atoms with Gasteiger partial charge in [0.1, 0.15) is 20.5 Å². The van der Waals surface area contributed by atoms with E-state index in [1.54, 1.807) is 23.5 Å². The van der Waals surface area contributed by atoms with Crippen molar-refractivity contribution < 1.29 is 17.9 Å². The largest absolute Gasteiger partial charge is 0.495 e. The van der Waals surface area contributed by atoms with Crippen molar-refractivity contribution in [1.82, 2.24) is 9.29 Å². The van der Waals surface area contributed by atoms with Crippen LogP contribution in [0.3, 0.4) is 0 Å². The average Bonchev–Trinajstić information content (AvgIpc) is 3.46. The summed E-state index contributed by atoms with van der Waals surface area (Å²) < 4.78 is 33.0. The van der Waals surface area contributed by atoms with Gasteiger partial charge in [0.25, 0.3) is 5.91 Å². The molecule has 1 N–H and O–H groups in total. The van der Waals surface area contributed by atoms with Crippen molar-refractivity contribution in [3.63, 3.8) is 0 Å². The summed E-state index contributed by atoms with van der Waals surface area (Å²) in [6, 6.07) is 8.54. The molecule has 0 unspecified atom stereocenters. The molecule has 4 rings (SSSR count). The Balaban J connectivity index is 1.58. The second-order valence-corrected chi connectivity index (χ2v) is 10.7. The summed E-state index contributed by atoms with van der Waals surface area (Å²) >= 11 is 2.85. The van der Waals surface area contributed by atoms with Crippen molar-refractivity contribution in [1.29, 1.82) is 0 Å². The molecule has 0 radical (unpaired) electrons. The van der Waals surface area contributed by atoms with Crippen LogP contribution in [-0.4, -0.2) is 43.8 Å². The van der Waals surface area contributed by atoms with E-state index in [2.05, 4.69) is 10.3 Å². The topological polar surface area (TPSA) is 88.6 Å². The molecule has 0 saturated carbocycles. The number of nitrogens with zero attached hydrogens (tertiary/aromatic N) is 2. The van der Waals surface area contributed by atoms with Crippen molar-refractivity contribution in [2.75, 3.05) is 25.5 Å². The zero-order chi connectivity index (χ0) is 21.1. The average molecular weight is 464 g/mol. The van der Waals surface area contributed by atoms with Crippen LogP contribution >= 0.6 is 22.7 Å². The number of nitrogens with one attached hydrogen (secondary N) is 1. The number of amides is 1. The number of thiazole rings is 1. The highest BCUT2D eigenvalue weighted by atomic mass is 32.2. The summed E-state index contributed by atoms with van der Waals surface area (Å²) in [6.45, 7) is 0.989. The quantitative estimate of drug-likeness (QED) is 0.589. The van der Waals surface area contributed by atoms with Gasteiger partial charge in [0.15, 0.2) is 0 Å². The second-order valence-electron chi connectivity index (χ2n) is 6.79. The molecule has 1 aliphatic rings. The summed E-state index contributed by atoms with van der Waals surface area (Å²) in [6.07, 6.45) is 4.25. The molecule has 1 saturated heterocycles. The van der Waals surface area contributed by atoms with Gasteiger partial charge in [0.2, 0.25) is 10.0 Å². The second kappa shape index (κ2) is 8.84. The first-order valence-corrected chi connectivity index (χ1v) is 12.6. The van der Waals surface area contributed by atoms with Crippen LogP contribution in [0.4, 0.5) is 5.69 Å². The molecule has 3 aromatic rings. The Kier molecular flexibility index (Phi) is 6.19. The van der Waals surface area contributed by atoms with Crippen LogP contribution in [0, 0.1) is 0 Å². The standard InChI is InChI=1S/C20H21N3O4S3/c1-27-15-8-7-14(12-18(15)30(25,26)23-9-3-2-4-10-23)22-19(24)17-13-21-20(29-17)16-6-5-11-28-16/h5-8,11-13H,2-4,9-10H2,1H3,(H,22,24). The smallest absolute Gasteiger partial charge is 0.267 e. The molecule has 10 heteroatoms. The van der Waals surface area contributed by atoms with Crippen molar-refractivity contribution in [2.45, 2.75) is 24.2 Å². The van der Waals surface area contributed by atoms with Crippen molar-refractivity contribution in [3.8, 4) is 15.6 Å². The first kappa shape index (κ1) is 21.0. The van der Waals surface area contributed by atoms with Crippen LogP contribution < -0.4 is 10.1 Å².